The molecular weight excluding hydrogens is 398 g/mol. The van der Waals surface area contributed by atoms with Crippen molar-refractivity contribution in [2.24, 2.45) is 0 Å². The van der Waals surface area contributed by atoms with Crippen LogP contribution >= 0.6 is 11.3 Å². The second kappa shape index (κ2) is 9.04. The Hall–Kier alpha value is -3.26. The standard InChI is InChI=1S/C22H23N5O2S/c1-15-10-16(2)27(25-15)13-18-5-3-4-17(11-18)12-23-20(28)6-7-21-24-22(26-29-21)19-8-9-30-14-19/h3-5,8-11,14H,6-7,12-13H2,1-2H3,(H,23,28). The highest BCUT2D eigenvalue weighted by Gasteiger charge is 2.11. The number of benzene rings is 1. The molecule has 0 spiro atoms. The van der Waals surface area contributed by atoms with E-state index < -0.39 is 0 Å². The lowest BCUT2D eigenvalue weighted by atomic mass is 10.1. The molecule has 0 aliphatic carbocycles. The highest BCUT2D eigenvalue weighted by atomic mass is 32.1. The normalized spacial score (nSPS) is 11.0. The number of carbonyl (C=O) groups excluding carboxylic acids is 1. The molecule has 0 aliphatic rings. The summed E-state index contributed by atoms with van der Waals surface area (Å²) in [5.74, 6) is 0.985. The van der Waals surface area contributed by atoms with Gasteiger partial charge in [-0.15, -0.1) is 0 Å². The zero-order valence-electron chi connectivity index (χ0n) is 17.0. The molecule has 0 saturated heterocycles. The van der Waals surface area contributed by atoms with Crippen LogP contribution in [-0.2, 0) is 24.3 Å². The largest absolute Gasteiger partial charge is 0.352 e. The van der Waals surface area contributed by atoms with Crippen LogP contribution in [0.2, 0.25) is 0 Å². The van der Waals surface area contributed by atoms with Crippen LogP contribution in [0.5, 0.6) is 0 Å². The molecule has 3 aromatic heterocycles. The van der Waals surface area contributed by atoms with Crippen molar-refractivity contribution in [1.29, 1.82) is 0 Å². The molecule has 0 unspecified atom stereocenters. The molecule has 0 radical (unpaired) electrons. The maximum absolute atomic E-state index is 12.2. The zero-order valence-corrected chi connectivity index (χ0v) is 17.8. The van der Waals surface area contributed by atoms with E-state index in [4.69, 9.17) is 4.52 Å². The summed E-state index contributed by atoms with van der Waals surface area (Å²) in [4.78, 5) is 16.6. The van der Waals surface area contributed by atoms with Crippen molar-refractivity contribution in [2.45, 2.75) is 39.8 Å². The van der Waals surface area contributed by atoms with Gasteiger partial charge >= 0.3 is 0 Å². The summed E-state index contributed by atoms with van der Waals surface area (Å²) in [6.07, 6.45) is 0.720. The molecular formula is C22H23N5O2S. The third-order valence-corrected chi connectivity index (χ3v) is 5.41. The molecule has 4 rings (SSSR count). The molecule has 8 heteroatoms. The minimum Gasteiger partial charge on any atom is -0.352 e. The van der Waals surface area contributed by atoms with Crippen LogP contribution in [0.15, 0.2) is 51.7 Å². The second-order valence-electron chi connectivity index (χ2n) is 7.21. The Bertz CT molecular complexity index is 1130. The molecule has 0 atom stereocenters. The number of thiophene rings is 1. The van der Waals surface area contributed by atoms with Crippen LogP contribution in [-0.4, -0.2) is 25.8 Å². The van der Waals surface area contributed by atoms with Gasteiger partial charge in [0.25, 0.3) is 0 Å². The van der Waals surface area contributed by atoms with E-state index in [9.17, 15) is 4.79 Å². The van der Waals surface area contributed by atoms with Crippen molar-refractivity contribution >= 4 is 17.2 Å². The number of aryl methyl sites for hydroxylation is 3. The van der Waals surface area contributed by atoms with Gasteiger partial charge in [0.1, 0.15) is 0 Å². The lowest BCUT2D eigenvalue weighted by Crippen LogP contribution is -2.23. The molecule has 0 fully saturated rings. The van der Waals surface area contributed by atoms with Gasteiger partial charge in [0, 0.05) is 36.0 Å². The van der Waals surface area contributed by atoms with E-state index in [1.807, 2.05) is 40.6 Å². The fraction of sp³-hybridized carbons (Fsp3) is 0.273. The lowest BCUT2D eigenvalue weighted by molar-refractivity contribution is -0.121. The number of nitrogens with zero attached hydrogens (tertiary/aromatic N) is 4. The van der Waals surface area contributed by atoms with Crippen LogP contribution in [0.1, 0.15) is 34.8 Å². The van der Waals surface area contributed by atoms with Gasteiger partial charge in [0.2, 0.25) is 17.6 Å². The van der Waals surface area contributed by atoms with Crippen molar-refractivity contribution < 1.29 is 9.32 Å². The molecule has 0 saturated carbocycles. The average molecular weight is 422 g/mol. The van der Waals surface area contributed by atoms with E-state index in [0.29, 0.717) is 37.6 Å². The zero-order chi connectivity index (χ0) is 20.9. The predicted octanol–water partition coefficient (Wildman–Crippen LogP) is 3.91. The van der Waals surface area contributed by atoms with Crippen LogP contribution in [0.4, 0.5) is 0 Å². The Balaban J connectivity index is 1.27. The third-order valence-electron chi connectivity index (χ3n) is 4.73. The summed E-state index contributed by atoms with van der Waals surface area (Å²) in [7, 11) is 0. The molecule has 4 aromatic rings. The van der Waals surface area contributed by atoms with E-state index in [1.54, 1.807) is 11.3 Å². The number of rotatable bonds is 8. The summed E-state index contributed by atoms with van der Waals surface area (Å²) >= 11 is 1.58. The summed E-state index contributed by atoms with van der Waals surface area (Å²) in [6, 6.07) is 12.2. The Morgan fingerprint density at radius 3 is 2.83 bits per heavy atom. The van der Waals surface area contributed by atoms with Gasteiger partial charge in [-0.1, -0.05) is 29.4 Å². The highest BCUT2D eigenvalue weighted by Crippen LogP contribution is 2.19. The molecule has 7 nitrogen and oxygen atoms in total. The monoisotopic (exact) mass is 421 g/mol. The Morgan fingerprint density at radius 2 is 2.07 bits per heavy atom. The van der Waals surface area contributed by atoms with Gasteiger partial charge in [-0.05, 0) is 42.5 Å². The molecule has 0 aliphatic heterocycles. The van der Waals surface area contributed by atoms with Crippen molar-refractivity contribution in [3.05, 3.63) is 75.6 Å². The summed E-state index contributed by atoms with van der Waals surface area (Å²) in [5.41, 5.74) is 5.29. The maximum Gasteiger partial charge on any atom is 0.227 e. The van der Waals surface area contributed by atoms with Crippen molar-refractivity contribution in [2.75, 3.05) is 0 Å². The fourth-order valence-electron chi connectivity index (χ4n) is 3.22. The van der Waals surface area contributed by atoms with E-state index in [-0.39, 0.29) is 5.91 Å². The molecule has 30 heavy (non-hydrogen) atoms. The van der Waals surface area contributed by atoms with E-state index in [1.165, 1.54) is 0 Å². The van der Waals surface area contributed by atoms with Crippen molar-refractivity contribution in [3.8, 4) is 11.4 Å². The molecule has 154 valence electrons. The van der Waals surface area contributed by atoms with Gasteiger partial charge in [-0.3, -0.25) is 9.48 Å². The Kier molecular flexibility index (Phi) is 6.04. The van der Waals surface area contributed by atoms with E-state index in [2.05, 4.69) is 45.7 Å². The maximum atomic E-state index is 12.2. The van der Waals surface area contributed by atoms with Gasteiger partial charge in [0.15, 0.2) is 0 Å². The number of aromatic nitrogens is 4. The molecule has 1 amide bonds. The number of nitrogens with one attached hydrogen (secondary N) is 1. The minimum absolute atomic E-state index is 0.0470. The van der Waals surface area contributed by atoms with Gasteiger partial charge in [-0.2, -0.15) is 21.4 Å². The van der Waals surface area contributed by atoms with E-state index in [0.717, 1.165) is 28.1 Å². The van der Waals surface area contributed by atoms with Crippen molar-refractivity contribution in [1.82, 2.24) is 25.2 Å². The predicted molar refractivity (Wildman–Crippen MR) is 115 cm³/mol. The first-order chi connectivity index (χ1) is 14.6. The molecule has 1 aromatic carbocycles. The molecule has 0 bridgehead atoms. The number of carbonyl (C=O) groups is 1. The second-order valence-corrected chi connectivity index (χ2v) is 7.99. The fourth-order valence-corrected chi connectivity index (χ4v) is 3.86. The summed E-state index contributed by atoms with van der Waals surface area (Å²) < 4.78 is 7.23. The lowest BCUT2D eigenvalue weighted by Gasteiger charge is -2.08. The van der Waals surface area contributed by atoms with Gasteiger partial charge < -0.3 is 9.84 Å². The first-order valence-electron chi connectivity index (χ1n) is 9.77. The Morgan fingerprint density at radius 1 is 1.20 bits per heavy atom. The summed E-state index contributed by atoms with van der Waals surface area (Å²) in [5, 5.41) is 15.4. The SMILES string of the molecule is Cc1cc(C)n(Cc2cccc(CNC(=O)CCc3nc(-c4ccsc4)no3)c2)n1. The first kappa shape index (κ1) is 20.0. The molecule has 1 N–H and O–H groups in total. The Labute approximate surface area is 178 Å². The van der Waals surface area contributed by atoms with Crippen LogP contribution in [0, 0.1) is 13.8 Å². The third kappa shape index (κ3) is 5.01. The van der Waals surface area contributed by atoms with Crippen LogP contribution in [0.25, 0.3) is 11.4 Å². The molecule has 3 heterocycles. The average Bonchev–Trinajstić information content (AvgIpc) is 3.47. The van der Waals surface area contributed by atoms with Gasteiger partial charge in [-0.25, -0.2) is 0 Å². The number of amides is 1. The van der Waals surface area contributed by atoms with E-state index >= 15 is 0 Å². The smallest absolute Gasteiger partial charge is 0.227 e. The van der Waals surface area contributed by atoms with Crippen molar-refractivity contribution in [3.63, 3.8) is 0 Å². The number of hydrogen-bond donors (Lipinski definition) is 1. The summed E-state index contributed by atoms with van der Waals surface area (Å²) in [6.45, 7) is 5.24. The first-order valence-corrected chi connectivity index (χ1v) is 10.7. The van der Waals surface area contributed by atoms with Gasteiger partial charge in [0.05, 0.1) is 12.2 Å². The minimum atomic E-state index is -0.0470. The quantitative estimate of drug-likeness (QED) is 0.466. The van der Waals surface area contributed by atoms with Crippen LogP contribution in [0.3, 0.4) is 0 Å². The number of hydrogen-bond acceptors (Lipinski definition) is 6. The highest BCUT2D eigenvalue weighted by molar-refractivity contribution is 7.08. The topological polar surface area (TPSA) is 85.8 Å². The van der Waals surface area contributed by atoms with Crippen LogP contribution < -0.4 is 5.32 Å².